The number of amides is 1. The molecule has 1 aromatic heterocycles. The van der Waals surface area contributed by atoms with Crippen LogP contribution in [0, 0.1) is 18.8 Å². The van der Waals surface area contributed by atoms with E-state index in [1.165, 1.54) is 6.42 Å². The molecule has 158 valence electrons. The first kappa shape index (κ1) is 20.8. The molecule has 0 aliphatic carbocycles. The van der Waals surface area contributed by atoms with Crippen molar-refractivity contribution in [1.82, 2.24) is 20.3 Å². The van der Waals surface area contributed by atoms with E-state index in [9.17, 15) is 4.79 Å². The van der Waals surface area contributed by atoms with Gasteiger partial charge in [-0.2, -0.15) is 0 Å². The van der Waals surface area contributed by atoms with E-state index in [0.29, 0.717) is 12.1 Å². The number of ether oxygens (including phenoxy) is 1. The number of nitrogens with one attached hydrogen (secondary N) is 1. The molecule has 0 radical (unpaired) electrons. The molecule has 1 saturated heterocycles. The summed E-state index contributed by atoms with van der Waals surface area (Å²) in [4.78, 5) is 12.0. The highest BCUT2D eigenvalue weighted by molar-refractivity contribution is 5.94. The Morgan fingerprint density at radius 3 is 2.87 bits per heavy atom. The molecule has 0 saturated carbocycles. The lowest BCUT2D eigenvalue weighted by Gasteiger charge is -2.21. The molecule has 1 fully saturated rings. The van der Waals surface area contributed by atoms with Gasteiger partial charge in [0, 0.05) is 23.3 Å². The Labute approximate surface area is 182 Å². The predicted molar refractivity (Wildman–Crippen MR) is 119 cm³/mol. The second kappa shape index (κ2) is 10.1. The molecule has 2 aromatic carbocycles. The van der Waals surface area contributed by atoms with Gasteiger partial charge in [0.15, 0.2) is 0 Å². The Morgan fingerprint density at radius 2 is 2.10 bits per heavy atom. The normalized spacial score (nSPS) is 15.7. The summed E-state index contributed by atoms with van der Waals surface area (Å²) in [6.45, 7) is 3.92. The summed E-state index contributed by atoms with van der Waals surface area (Å²) in [5.41, 5.74) is 4.51. The molecule has 3 aromatic rings. The van der Waals surface area contributed by atoms with Gasteiger partial charge in [-0.05, 0) is 56.0 Å². The minimum absolute atomic E-state index is 0.122. The number of benzene rings is 2. The number of nitrogens with zero attached hydrogens (tertiary/aromatic N) is 3. The molecule has 1 atom stereocenters. The number of hydrogen-bond donors (Lipinski definition) is 1. The Bertz CT molecular complexity index is 1090. The van der Waals surface area contributed by atoms with Crippen molar-refractivity contribution in [3.8, 4) is 23.1 Å². The van der Waals surface area contributed by atoms with Crippen molar-refractivity contribution in [1.29, 1.82) is 0 Å². The van der Waals surface area contributed by atoms with Crippen molar-refractivity contribution in [3.63, 3.8) is 0 Å². The second-order valence-electron chi connectivity index (χ2n) is 7.69. The predicted octanol–water partition coefficient (Wildman–Crippen LogP) is 3.60. The van der Waals surface area contributed by atoms with Crippen LogP contribution in [0.2, 0.25) is 0 Å². The van der Waals surface area contributed by atoms with Crippen molar-refractivity contribution in [2.24, 2.45) is 0 Å². The van der Waals surface area contributed by atoms with Gasteiger partial charge >= 0.3 is 0 Å². The van der Waals surface area contributed by atoms with Crippen LogP contribution in [0.1, 0.15) is 40.7 Å². The van der Waals surface area contributed by atoms with Crippen molar-refractivity contribution in [2.45, 2.75) is 38.8 Å². The lowest BCUT2D eigenvalue weighted by Crippen LogP contribution is -2.24. The first-order chi connectivity index (χ1) is 15.2. The summed E-state index contributed by atoms with van der Waals surface area (Å²) in [6.07, 6.45) is 5.64. The van der Waals surface area contributed by atoms with Crippen molar-refractivity contribution >= 4 is 5.91 Å². The molecule has 1 unspecified atom stereocenters. The number of rotatable bonds is 5. The van der Waals surface area contributed by atoms with Crippen LogP contribution in [0.25, 0.3) is 11.3 Å². The van der Waals surface area contributed by atoms with Gasteiger partial charge in [0.2, 0.25) is 0 Å². The third-order valence-electron chi connectivity index (χ3n) is 5.31. The molecule has 0 spiro atoms. The molecule has 1 N–H and O–H groups in total. The van der Waals surface area contributed by atoms with Crippen LogP contribution < -0.4 is 5.32 Å². The molecule has 1 amide bonds. The van der Waals surface area contributed by atoms with E-state index in [1.807, 2.05) is 54.2 Å². The van der Waals surface area contributed by atoms with Gasteiger partial charge in [0.1, 0.15) is 5.69 Å². The zero-order chi connectivity index (χ0) is 21.5. The lowest BCUT2D eigenvalue weighted by molar-refractivity contribution is 0.00370. The highest BCUT2D eigenvalue weighted by Gasteiger charge is 2.16. The summed E-state index contributed by atoms with van der Waals surface area (Å²) in [7, 11) is 0. The fraction of sp³-hybridized carbons (Fsp3) is 0.320. The zero-order valence-electron chi connectivity index (χ0n) is 17.7. The third-order valence-corrected chi connectivity index (χ3v) is 5.31. The lowest BCUT2D eigenvalue weighted by atomic mass is 10.0. The van der Waals surface area contributed by atoms with Crippen LogP contribution in [-0.4, -0.2) is 40.2 Å². The topological polar surface area (TPSA) is 69.0 Å². The molecule has 1 aliphatic rings. The van der Waals surface area contributed by atoms with E-state index < -0.39 is 0 Å². The van der Waals surface area contributed by atoms with Crippen molar-refractivity contribution in [2.75, 3.05) is 13.2 Å². The van der Waals surface area contributed by atoms with E-state index >= 15 is 0 Å². The van der Waals surface area contributed by atoms with Gasteiger partial charge in [-0.1, -0.05) is 41.3 Å². The van der Waals surface area contributed by atoms with Gasteiger partial charge in [0.25, 0.3) is 5.91 Å². The maximum absolute atomic E-state index is 12.0. The van der Waals surface area contributed by atoms with Crippen molar-refractivity contribution in [3.05, 3.63) is 71.4 Å². The first-order valence-corrected chi connectivity index (χ1v) is 10.6. The van der Waals surface area contributed by atoms with Gasteiger partial charge in [-0.25, -0.2) is 4.68 Å². The third kappa shape index (κ3) is 5.59. The summed E-state index contributed by atoms with van der Waals surface area (Å²) in [5, 5.41) is 11.4. The number of carbonyl (C=O) groups excluding carboxylic acids is 1. The number of hydrogen-bond acceptors (Lipinski definition) is 4. The molecule has 6 heteroatoms. The average molecular weight is 415 g/mol. The number of carbonyl (C=O) groups is 1. The van der Waals surface area contributed by atoms with Crippen LogP contribution in [0.5, 0.6) is 0 Å². The molecule has 31 heavy (non-hydrogen) atoms. The van der Waals surface area contributed by atoms with E-state index in [2.05, 4.69) is 27.5 Å². The fourth-order valence-electron chi connectivity index (χ4n) is 3.66. The van der Waals surface area contributed by atoms with Gasteiger partial charge in [-0.3, -0.25) is 4.79 Å². The molecular formula is C25H26N4O2. The maximum Gasteiger partial charge on any atom is 0.252 e. The molecule has 6 nitrogen and oxygen atoms in total. The first-order valence-electron chi connectivity index (χ1n) is 10.6. The molecule has 4 rings (SSSR count). The molecule has 2 heterocycles. The quantitative estimate of drug-likeness (QED) is 0.648. The van der Waals surface area contributed by atoms with Gasteiger partial charge in [0.05, 0.1) is 25.4 Å². The van der Waals surface area contributed by atoms with Crippen LogP contribution >= 0.6 is 0 Å². The fourth-order valence-corrected chi connectivity index (χ4v) is 3.66. The Morgan fingerprint density at radius 1 is 1.23 bits per heavy atom. The van der Waals surface area contributed by atoms with Crippen LogP contribution in [0.15, 0.2) is 54.7 Å². The maximum atomic E-state index is 12.0. The summed E-state index contributed by atoms with van der Waals surface area (Å²) >= 11 is 0. The van der Waals surface area contributed by atoms with Gasteiger partial charge < -0.3 is 10.1 Å². The second-order valence-corrected chi connectivity index (χ2v) is 7.69. The van der Waals surface area contributed by atoms with Crippen LogP contribution in [-0.2, 0) is 11.3 Å². The van der Waals surface area contributed by atoms with E-state index in [0.717, 1.165) is 48.4 Å². The monoisotopic (exact) mass is 414 g/mol. The zero-order valence-corrected chi connectivity index (χ0v) is 17.7. The molecular weight excluding hydrogens is 388 g/mol. The molecule has 0 bridgehead atoms. The number of aromatic nitrogens is 3. The minimum atomic E-state index is -0.122. The van der Waals surface area contributed by atoms with Crippen LogP contribution in [0.4, 0.5) is 0 Å². The summed E-state index contributed by atoms with van der Waals surface area (Å²) in [6, 6.07) is 15.1. The Balaban J connectivity index is 1.35. The standard InChI is InChI=1S/C25H26N4O2/c1-19-16-20(8-7-14-26-25(30)21-9-3-2-4-10-21)12-13-23(19)24-18-29(28-27-24)17-22-11-5-6-15-31-22/h2-4,9-10,12-13,16,18,22H,5-6,11,14-15,17H2,1H3,(H,26,30). The van der Waals surface area contributed by atoms with Crippen LogP contribution in [0.3, 0.4) is 0 Å². The van der Waals surface area contributed by atoms with E-state index in [4.69, 9.17) is 4.74 Å². The highest BCUT2D eigenvalue weighted by atomic mass is 16.5. The SMILES string of the molecule is Cc1cc(C#CCNC(=O)c2ccccc2)ccc1-c1cn(CC2CCCCO2)nn1. The Kier molecular flexibility index (Phi) is 6.75. The summed E-state index contributed by atoms with van der Waals surface area (Å²) in [5.74, 6) is 6.00. The summed E-state index contributed by atoms with van der Waals surface area (Å²) < 4.78 is 7.66. The van der Waals surface area contributed by atoms with Gasteiger partial charge in [-0.15, -0.1) is 5.10 Å². The average Bonchev–Trinajstić information content (AvgIpc) is 3.26. The minimum Gasteiger partial charge on any atom is -0.376 e. The smallest absolute Gasteiger partial charge is 0.252 e. The molecule has 1 aliphatic heterocycles. The largest absolute Gasteiger partial charge is 0.376 e. The van der Waals surface area contributed by atoms with E-state index in [1.54, 1.807) is 12.1 Å². The highest BCUT2D eigenvalue weighted by Crippen LogP contribution is 2.22. The number of aryl methyl sites for hydroxylation is 1. The van der Waals surface area contributed by atoms with E-state index in [-0.39, 0.29) is 12.0 Å². The van der Waals surface area contributed by atoms with Crippen molar-refractivity contribution < 1.29 is 9.53 Å². The Hall–Kier alpha value is -3.43.